The van der Waals surface area contributed by atoms with E-state index in [2.05, 4.69) is 9.97 Å². The van der Waals surface area contributed by atoms with Crippen LogP contribution in [0.2, 0.25) is 0 Å². The summed E-state index contributed by atoms with van der Waals surface area (Å²) in [6.45, 7) is 19.2. The zero-order valence-corrected chi connectivity index (χ0v) is 26.5. The molecule has 0 aromatic carbocycles. The van der Waals surface area contributed by atoms with Crippen molar-refractivity contribution in [3.8, 4) is 0 Å². The molecule has 1 aliphatic heterocycles. The second-order valence-corrected chi connectivity index (χ2v) is 13.7. The van der Waals surface area contributed by atoms with E-state index in [1.807, 2.05) is 0 Å². The first-order chi connectivity index (χ1) is 19.4. The molecule has 0 saturated heterocycles. The summed E-state index contributed by atoms with van der Waals surface area (Å²) >= 11 is 0. The fourth-order valence-corrected chi connectivity index (χ4v) is 3.63. The molecule has 238 valence electrons. The zero-order chi connectivity index (χ0) is 32.9. The van der Waals surface area contributed by atoms with Crippen LogP contribution in [0.3, 0.4) is 0 Å². The number of anilines is 1. The minimum Gasteiger partial charge on any atom is -0.443 e. The molecule has 3 heterocycles. The number of carbonyl (C=O) groups is 4. The van der Waals surface area contributed by atoms with Gasteiger partial charge in [-0.25, -0.2) is 38.2 Å². The van der Waals surface area contributed by atoms with Crippen molar-refractivity contribution in [2.75, 3.05) is 4.90 Å². The van der Waals surface area contributed by atoms with Crippen LogP contribution in [-0.4, -0.2) is 72.2 Å². The van der Waals surface area contributed by atoms with Crippen molar-refractivity contribution in [2.45, 2.75) is 118 Å². The molecule has 16 nitrogen and oxygen atoms in total. The average molecular weight is 610 g/mol. The van der Waals surface area contributed by atoms with E-state index in [-0.39, 0.29) is 11.2 Å². The molecular formula is C27H39N5O11. The number of imidazole rings is 1. The molecule has 0 N–H and O–H groups in total. The first-order valence-corrected chi connectivity index (χ1v) is 13.4. The highest BCUT2D eigenvalue weighted by Gasteiger charge is 2.52. The number of hydrogen-bond acceptors (Lipinski definition) is 13. The number of rotatable bonds is 2. The molecule has 0 aliphatic carbocycles. The fraction of sp³-hybridized carbons (Fsp3) is 0.667. The number of amides is 1. The number of ether oxygens (including phenoxy) is 6. The van der Waals surface area contributed by atoms with Crippen LogP contribution in [0.5, 0.6) is 0 Å². The third-order valence-corrected chi connectivity index (χ3v) is 4.95. The highest BCUT2D eigenvalue weighted by Crippen LogP contribution is 2.36. The van der Waals surface area contributed by atoms with Gasteiger partial charge in [-0.15, -0.1) is 0 Å². The maximum Gasteiger partial charge on any atom is 0.510 e. The van der Waals surface area contributed by atoms with Crippen LogP contribution in [-0.2, 0) is 28.4 Å². The maximum atomic E-state index is 13.8. The normalized spacial score (nSPS) is 17.3. The Morgan fingerprint density at radius 2 is 1.12 bits per heavy atom. The molecule has 0 bridgehead atoms. The summed E-state index contributed by atoms with van der Waals surface area (Å²) in [5, 5.41) is 0. The lowest BCUT2D eigenvalue weighted by Gasteiger charge is -2.29. The Balaban J connectivity index is 2.27. The third kappa shape index (κ3) is 8.14. The molecule has 1 aliphatic rings. The lowest BCUT2D eigenvalue weighted by molar-refractivity contribution is -0.0985. The van der Waals surface area contributed by atoms with E-state index in [1.54, 1.807) is 83.1 Å². The van der Waals surface area contributed by atoms with Crippen molar-refractivity contribution in [1.82, 2.24) is 19.1 Å². The topological polar surface area (TPSA) is 180 Å². The van der Waals surface area contributed by atoms with Gasteiger partial charge >= 0.3 is 24.5 Å². The molecule has 2 aromatic heterocycles. The first kappa shape index (κ1) is 33.1. The van der Waals surface area contributed by atoms with Gasteiger partial charge in [-0.3, -0.25) is 4.79 Å². The molecule has 3 rings (SSSR count). The van der Waals surface area contributed by atoms with Crippen LogP contribution in [0, 0.1) is 0 Å². The summed E-state index contributed by atoms with van der Waals surface area (Å²) in [6, 6.07) is 0. The molecule has 2 aromatic rings. The Hall–Kier alpha value is -4.37. The van der Waals surface area contributed by atoms with Gasteiger partial charge in [0.2, 0.25) is 18.4 Å². The Labute approximate surface area is 248 Å². The van der Waals surface area contributed by atoms with Crippen molar-refractivity contribution < 1.29 is 47.6 Å². The van der Waals surface area contributed by atoms with E-state index in [0.29, 0.717) is 4.90 Å². The van der Waals surface area contributed by atoms with Gasteiger partial charge in [-0.05, 0) is 83.1 Å². The molecule has 0 radical (unpaired) electrons. The number of nitrogens with zero attached hydrogens (tertiary/aromatic N) is 5. The number of fused-ring (bicyclic) bond motifs is 2. The van der Waals surface area contributed by atoms with Crippen LogP contribution in [0.1, 0.15) is 89.3 Å². The van der Waals surface area contributed by atoms with Gasteiger partial charge in [-0.2, -0.15) is 4.98 Å². The zero-order valence-electron chi connectivity index (χ0n) is 26.5. The second-order valence-electron chi connectivity index (χ2n) is 13.7. The van der Waals surface area contributed by atoms with E-state index in [4.69, 9.17) is 28.4 Å². The smallest absolute Gasteiger partial charge is 0.443 e. The molecule has 2 unspecified atom stereocenters. The molecule has 16 heteroatoms. The lowest BCUT2D eigenvalue weighted by Crippen LogP contribution is -2.46. The van der Waals surface area contributed by atoms with Gasteiger partial charge < -0.3 is 28.4 Å². The Morgan fingerprint density at radius 3 is 1.58 bits per heavy atom. The van der Waals surface area contributed by atoms with Crippen molar-refractivity contribution >= 4 is 41.6 Å². The van der Waals surface area contributed by atoms with Crippen LogP contribution in [0.4, 0.5) is 25.1 Å². The summed E-state index contributed by atoms with van der Waals surface area (Å²) in [6.07, 6.45) is -7.21. The van der Waals surface area contributed by atoms with Crippen LogP contribution in [0.25, 0.3) is 11.2 Å². The lowest BCUT2D eigenvalue weighted by atomic mass is 10.2. The third-order valence-electron chi connectivity index (χ3n) is 4.95. The molecule has 1 amide bonds. The molecular weight excluding hydrogens is 570 g/mol. The van der Waals surface area contributed by atoms with E-state index in [1.165, 1.54) is 0 Å². The van der Waals surface area contributed by atoms with Gasteiger partial charge in [-0.1, -0.05) is 0 Å². The predicted octanol–water partition coefficient (Wildman–Crippen LogP) is 4.86. The SMILES string of the molecule is CC(C)(C)OC(=O)OC1C(OC(=O)OC(C)(C)C)n2c(nc3c(ncn3C(=O)OC(C)(C)C)c2=O)N1C(=O)OC(C)(C)C. The molecule has 0 saturated carbocycles. The van der Waals surface area contributed by atoms with Crippen molar-refractivity contribution in [2.24, 2.45) is 0 Å². The number of aromatic nitrogens is 4. The largest absolute Gasteiger partial charge is 0.510 e. The van der Waals surface area contributed by atoms with Gasteiger partial charge in [0, 0.05) is 0 Å². The summed E-state index contributed by atoms with van der Waals surface area (Å²) in [5.41, 5.74) is -5.56. The quantitative estimate of drug-likeness (QED) is 0.333. The summed E-state index contributed by atoms with van der Waals surface area (Å²) in [4.78, 5) is 75.1. The highest BCUT2D eigenvalue weighted by atomic mass is 16.8. The fourth-order valence-electron chi connectivity index (χ4n) is 3.63. The van der Waals surface area contributed by atoms with Gasteiger partial charge in [0.05, 0.1) is 0 Å². The summed E-state index contributed by atoms with van der Waals surface area (Å²) < 4.78 is 34.0. The number of hydrogen-bond donors (Lipinski definition) is 0. The minimum absolute atomic E-state index is 0.284. The molecule has 2 atom stereocenters. The number of carbonyl (C=O) groups excluding carboxylic acids is 4. The predicted molar refractivity (Wildman–Crippen MR) is 150 cm³/mol. The second kappa shape index (κ2) is 11.0. The van der Waals surface area contributed by atoms with E-state index in [0.717, 1.165) is 15.5 Å². The Kier molecular flexibility index (Phi) is 8.51. The van der Waals surface area contributed by atoms with Crippen LogP contribution in [0.15, 0.2) is 11.1 Å². The van der Waals surface area contributed by atoms with Gasteiger partial charge in [0.25, 0.3) is 5.56 Å². The highest BCUT2D eigenvalue weighted by molar-refractivity contribution is 5.90. The Morgan fingerprint density at radius 1 is 0.674 bits per heavy atom. The molecule has 0 spiro atoms. The van der Waals surface area contributed by atoms with E-state index < -0.39 is 70.9 Å². The summed E-state index contributed by atoms with van der Waals surface area (Å²) in [7, 11) is 0. The van der Waals surface area contributed by atoms with Gasteiger partial charge in [0.1, 0.15) is 28.7 Å². The average Bonchev–Trinajstić information content (AvgIpc) is 3.29. The molecule has 0 fully saturated rings. The maximum absolute atomic E-state index is 13.8. The minimum atomic E-state index is -1.86. The Bertz CT molecular complexity index is 1480. The van der Waals surface area contributed by atoms with E-state index >= 15 is 0 Å². The van der Waals surface area contributed by atoms with Crippen LogP contribution < -0.4 is 10.5 Å². The standard InChI is InChI=1S/C27H39N5O11/c1-24(2,3)40-20(34)30-13-28-14-15(30)29-19-31(16(14)33)17(38-22(36)42-26(7,8)9)18(39-23(37)43-27(10,11)12)32(19)21(35)41-25(4,5)6/h13,17-18H,1-12H3. The monoisotopic (exact) mass is 609 g/mol. The van der Waals surface area contributed by atoms with Crippen molar-refractivity contribution in [3.63, 3.8) is 0 Å². The first-order valence-electron chi connectivity index (χ1n) is 13.4. The van der Waals surface area contributed by atoms with Crippen LogP contribution >= 0.6 is 0 Å². The van der Waals surface area contributed by atoms with E-state index in [9.17, 15) is 24.0 Å². The molecule has 43 heavy (non-hydrogen) atoms. The van der Waals surface area contributed by atoms with Gasteiger partial charge in [0.15, 0.2) is 11.2 Å². The summed E-state index contributed by atoms with van der Waals surface area (Å²) in [5.74, 6) is -0.487. The van der Waals surface area contributed by atoms with Crippen molar-refractivity contribution in [1.29, 1.82) is 0 Å². The van der Waals surface area contributed by atoms with Crippen molar-refractivity contribution in [3.05, 3.63) is 16.7 Å².